The summed E-state index contributed by atoms with van der Waals surface area (Å²) in [7, 11) is 0. The first-order valence-electron chi connectivity index (χ1n) is 4.00. The number of hydrogen-bond donors (Lipinski definition) is 0. The zero-order chi connectivity index (χ0) is 8.27. The summed E-state index contributed by atoms with van der Waals surface area (Å²) in [6, 6.07) is 6.33. The lowest BCUT2D eigenvalue weighted by atomic mass is 10.00. The molecule has 1 aromatic rings. The Bertz CT molecular complexity index is 259. The maximum Gasteiger partial charge on any atom is -0.0228 e. The minimum atomic E-state index is 1.09. The molecule has 0 aliphatic carbocycles. The Morgan fingerprint density at radius 1 is 1.45 bits per heavy atom. The fourth-order valence-electron chi connectivity index (χ4n) is 1.40. The summed E-state index contributed by atoms with van der Waals surface area (Å²) in [5.41, 5.74) is 4.06. The van der Waals surface area contributed by atoms with Gasteiger partial charge in [-0.2, -0.15) is 0 Å². The van der Waals surface area contributed by atoms with Gasteiger partial charge in [-0.15, -0.1) is 0 Å². The SMILES string of the molecule is C=Cc1cccc(C)c1CC. The van der Waals surface area contributed by atoms with Gasteiger partial charge in [-0.05, 0) is 30.0 Å². The van der Waals surface area contributed by atoms with Crippen LogP contribution in [0, 0.1) is 6.92 Å². The van der Waals surface area contributed by atoms with Gasteiger partial charge in [0.25, 0.3) is 0 Å². The van der Waals surface area contributed by atoms with Crippen LogP contribution in [-0.2, 0) is 6.42 Å². The Hall–Kier alpha value is -1.04. The van der Waals surface area contributed by atoms with E-state index >= 15 is 0 Å². The van der Waals surface area contributed by atoms with Crippen molar-refractivity contribution in [1.82, 2.24) is 0 Å². The van der Waals surface area contributed by atoms with Gasteiger partial charge in [-0.1, -0.05) is 37.8 Å². The van der Waals surface area contributed by atoms with Gasteiger partial charge >= 0.3 is 0 Å². The van der Waals surface area contributed by atoms with Crippen molar-refractivity contribution < 1.29 is 0 Å². The predicted molar refractivity (Wildman–Crippen MR) is 50.6 cm³/mol. The monoisotopic (exact) mass is 146 g/mol. The molecule has 58 valence electrons. The first-order chi connectivity index (χ1) is 5.29. The molecule has 0 radical (unpaired) electrons. The summed E-state index contributed by atoms with van der Waals surface area (Å²) < 4.78 is 0. The standard InChI is InChI=1S/C11H14/c1-4-10-8-6-7-9(3)11(10)5-2/h4,6-8H,1,5H2,2-3H3. The van der Waals surface area contributed by atoms with Crippen LogP contribution in [0.3, 0.4) is 0 Å². The molecule has 0 N–H and O–H groups in total. The van der Waals surface area contributed by atoms with Crippen molar-refractivity contribution in [3.8, 4) is 0 Å². The van der Waals surface area contributed by atoms with E-state index in [4.69, 9.17) is 0 Å². The maximum atomic E-state index is 3.78. The molecule has 11 heavy (non-hydrogen) atoms. The Balaban J connectivity index is 3.23. The molecule has 0 saturated heterocycles. The maximum absolute atomic E-state index is 3.78. The number of aryl methyl sites for hydroxylation is 1. The highest BCUT2D eigenvalue weighted by molar-refractivity contribution is 5.54. The highest BCUT2D eigenvalue weighted by Gasteiger charge is 1.98. The number of benzene rings is 1. The molecular formula is C11H14. The van der Waals surface area contributed by atoms with Crippen molar-refractivity contribution in [2.45, 2.75) is 20.3 Å². The molecule has 0 atom stereocenters. The minimum absolute atomic E-state index is 1.09. The van der Waals surface area contributed by atoms with E-state index < -0.39 is 0 Å². The van der Waals surface area contributed by atoms with Crippen LogP contribution in [0.5, 0.6) is 0 Å². The molecule has 1 aromatic carbocycles. The molecule has 0 amide bonds. The molecule has 0 bridgehead atoms. The van der Waals surface area contributed by atoms with Crippen LogP contribution in [0.25, 0.3) is 6.08 Å². The van der Waals surface area contributed by atoms with Crippen molar-refractivity contribution in [1.29, 1.82) is 0 Å². The largest absolute Gasteiger partial charge is 0.0985 e. The summed E-state index contributed by atoms with van der Waals surface area (Å²) in [6.07, 6.45) is 3.01. The Morgan fingerprint density at radius 2 is 2.18 bits per heavy atom. The highest BCUT2D eigenvalue weighted by atomic mass is 14.0. The third kappa shape index (κ3) is 1.51. The van der Waals surface area contributed by atoms with Gasteiger partial charge in [0.2, 0.25) is 0 Å². The van der Waals surface area contributed by atoms with Crippen LogP contribution in [0.1, 0.15) is 23.6 Å². The molecular weight excluding hydrogens is 132 g/mol. The van der Waals surface area contributed by atoms with Crippen LogP contribution < -0.4 is 0 Å². The summed E-state index contributed by atoms with van der Waals surface area (Å²) >= 11 is 0. The van der Waals surface area contributed by atoms with Crippen molar-refractivity contribution >= 4 is 6.08 Å². The van der Waals surface area contributed by atoms with E-state index in [1.165, 1.54) is 16.7 Å². The van der Waals surface area contributed by atoms with E-state index in [-0.39, 0.29) is 0 Å². The van der Waals surface area contributed by atoms with Crippen LogP contribution in [-0.4, -0.2) is 0 Å². The smallest absolute Gasteiger partial charge is 0.0228 e. The minimum Gasteiger partial charge on any atom is -0.0985 e. The molecule has 0 unspecified atom stereocenters. The van der Waals surface area contributed by atoms with Crippen LogP contribution in [0.2, 0.25) is 0 Å². The first kappa shape index (κ1) is 8.06. The molecule has 0 aliphatic heterocycles. The molecule has 1 rings (SSSR count). The van der Waals surface area contributed by atoms with E-state index in [1.54, 1.807) is 0 Å². The summed E-state index contributed by atoms with van der Waals surface area (Å²) in [4.78, 5) is 0. The lowest BCUT2D eigenvalue weighted by Gasteiger charge is -2.05. The van der Waals surface area contributed by atoms with Crippen molar-refractivity contribution in [3.63, 3.8) is 0 Å². The van der Waals surface area contributed by atoms with Crippen molar-refractivity contribution in [2.75, 3.05) is 0 Å². The molecule has 0 heterocycles. The molecule has 0 saturated carbocycles. The summed E-state index contributed by atoms with van der Waals surface area (Å²) in [5.74, 6) is 0. The number of hydrogen-bond acceptors (Lipinski definition) is 0. The highest BCUT2D eigenvalue weighted by Crippen LogP contribution is 2.15. The van der Waals surface area contributed by atoms with E-state index in [9.17, 15) is 0 Å². The Morgan fingerprint density at radius 3 is 2.64 bits per heavy atom. The van der Waals surface area contributed by atoms with Crippen LogP contribution in [0.4, 0.5) is 0 Å². The van der Waals surface area contributed by atoms with Crippen LogP contribution in [0.15, 0.2) is 24.8 Å². The second-order valence-electron chi connectivity index (χ2n) is 2.70. The van der Waals surface area contributed by atoms with E-state index in [0.717, 1.165) is 6.42 Å². The quantitative estimate of drug-likeness (QED) is 0.601. The zero-order valence-corrected chi connectivity index (χ0v) is 7.22. The second-order valence-corrected chi connectivity index (χ2v) is 2.70. The summed E-state index contributed by atoms with van der Waals surface area (Å²) in [5, 5.41) is 0. The second kappa shape index (κ2) is 3.38. The zero-order valence-electron chi connectivity index (χ0n) is 7.22. The molecule has 0 heteroatoms. The number of rotatable bonds is 2. The van der Waals surface area contributed by atoms with Crippen molar-refractivity contribution in [3.05, 3.63) is 41.5 Å². The van der Waals surface area contributed by atoms with Gasteiger partial charge in [-0.25, -0.2) is 0 Å². The molecule has 0 aromatic heterocycles. The lowest BCUT2D eigenvalue weighted by molar-refractivity contribution is 1.10. The Kier molecular flexibility index (Phi) is 2.48. The fraction of sp³-hybridized carbons (Fsp3) is 0.273. The summed E-state index contributed by atoms with van der Waals surface area (Å²) in [6.45, 7) is 8.10. The van der Waals surface area contributed by atoms with E-state index in [2.05, 4.69) is 38.6 Å². The Labute approximate surface area is 68.6 Å². The van der Waals surface area contributed by atoms with E-state index in [1.807, 2.05) is 6.08 Å². The van der Waals surface area contributed by atoms with Gasteiger partial charge < -0.3 is 0 Å². The van der Waals surface area contributed by atoms with Gasteiger partial charge in [0.05, 0.1) is 0 Å². The van der Waals surface area contributed by atoms with E-state index in [0.29, 0.717) is 0 Å². The average Bonchev–Trinajstić information content (AvgIpc) is 2.04. The van der Waals surface area contributed by atoms with Gasteiger partial charge in [0, 0.05) is 0 Å². The van der Waals surface area contributed by atoms with Gasteiger partial charge in [-0.3, -0.25) is 0 Å². The third-order valence-electron chi connectivity index (χ3n) is 2.02. The predicted octanol–water partition coefficient (Wildman–Crippen LogP) is 3.20. The van der Waals surface area contributed by atoms with Gasteiger partial charge in [0.15, 0.2) is 0 Å². The molecule has 0 nitrogen and oxygen atoms in total. The van der Waals surface area contributed by atoms with Crippen LogP contribution >= 0.6 is 0 Å². The average molecular weight is 146 g/mol. The lowest BCUT2D eigenvalue weighted by Crippen LogP contribution is -1.89. The molecule has 0 aliphatic rings. The molecule has 0 fully saturated rings. The topological polar surface area (TPSA) is 0 Å². The first-order valence-corrected chi connectivity index (χ1v) is 4.00. The van der Waals surface area contributed by atoms with Crippen molar-refractivity contribution in [2.24, 2.45) is 0 Å². The molecule has 0 spiro atoms. The fourth-order valence-corrected chi connectivity index (χ4v) is 1.40. The van der Waals surface area contributed by atoms with Gasteiger partial charge in [0.1, 0.15) is 0 Å². The normalized spacial score (nSPS) is 9.64. The third-order valence-corrected chi connectivity index (χ3v) is 2.02.